The average Bonchev–Trinajstić information content (AvgIpc) is 2.94. The van der Waals surface area contributed by atoms with E-state index in [1.54, 1.807) is 20.8 Å². The van der Waals surface area contributed by atoms with E-state index >= 15 is 0 Å². The molecule has 236 valence electrons. The number of nitrogens with two attached hydrogens (primary N) is 1. The van der Waals surface area contributed by atoms with Crippen LogP contribution >= 0.6 is 0 Å². The number of rotatable bonds is 16. The van der Waals surface area contributed by atoms with Gasteiger partial charge in [-0.3, -0.25) is 9.59 Å². The summed E-state index contributed by atoms with van der Waals surface area (Å²) < 4.78 is 10.8. The summed E-state index contributed by atoms with van der Waals surface area (Å²) in [5, 5.41) is 8.28. The Kier molecular flexibility index (Phi) is 14.7. The van der Waals surface area contributed by atoms with E-state index in [0.29, 0.717) is 25.8 Å². The molecule has 0 spiro atoms. The minimum Gasteiger partial charge on any atom is -0.458 e. The molecule has 0 aliphatic carbocycles. The van der Waals surface area contributed by atoms with E-state index in [1.165, 1.54) is 0 Å². The molecule has 3 atom stereocenters. The molecule has 2 rings (SSSR count). The standard InChI is InChI=1S/C33H48N4O6/c1-23(2)20-26(34)29(38)36-27(18-12-13-19-35-32(41)42-22-25-16-10-7-11-17-25)30(39)37-28(31(40)43-33(3,4)5)21-24-14-8-6-9-15-24/h6-11,14-17,23,26-28H,12-13,18-22,34H2,1-5H3,(H,35,41)(H,36,38)(H,37,39)/t26-,27-,28-/m0/s1. The van der Waals surface area contributed by atoms with E-state index in [0.717, 1.165) is 11.1 Å². The zero-order chi connectivity index (χ0) is 31.8. The molecule has 2 aromatic carbocycles. The number of carbonyl (C=O) groups is 4. The highest BCUT2D eigenvalue weighted by atomic mass is 16.6. The minimum atomic E-state index is -0.959. The van der Waals surface area contributed by atoms with Gasteiger partial charge in [0.1, 0.15) is 24.3 Å². The largest absolute Gasteiger partial charge is 0.458 e. The second kappa shape index (κ2) is 17.9. The van der Waals surface area contributed by atoms with Crippen molar-refractivity contribution in [1.29, 1.82) is 0 Å². The van der Waals surface area contributed by atoms with Crippen molar-refractivity contribution >= 4 is 23.9 Å². The summed E-state index contributed by atoms with van der Waals surface area (Å²) in [4.78, 5) is 51.5. The first-order valence-corrected chi connectivity index (χ1v) is 14.9. The van der Waals surface area contributed by atoms with E-state index in [4.69, 9.17) is 15.2 Å². The third kappa shape index (κ3) is 14.7. The maximum atomic E-state index is 13.5. The van der Waals surface area contributed by atoms with E-state index in [-0.39, 0.29) is 25.4 Å². The van der Waals surface area contributed by atoms with Crippen LogP contribution in [0.25, 0.3) is 0 Å². The van der Waals surface area contributed by atoms with Gasteiger partial charge >= 0.3 is 12.1 Å². The lowest BCUT2D eigenvalue weighted by atomic mass is 10.0. The van der Waals surface area contributed by atoms with Crippen molar-refractivity contribution in [2.24, 2.45) is 11.7 Å². The Morgan fingerprint density at radius 3 is 1.98 bits per heavy atom. The molecule has 0 saturated heterocycles. The second-order valence-electron chi connectivity index (χ2n) is 12.1. The maximum Gasteiger partial charge on any atom is 0.407 e. The number of alkyl carbamates (subject to hydrolysis) is 1. The fourth-order valence-corrected chi connectivity index (χ4v) is 4.29. The summed E-state index contributed by atoms with van der Waals surface area (Å²) in [7, 11) is 0. The number of benzene rings is 2. The van der Waals surface area contributed by atoms with Crippen LogP contribution in [0.3, 0.4) is 0 Å². The molecule has 5 N–H and O–H groups in total. The Bertz CT molecular complexity index is 1150. The van der Waals surface area contributed by atoms with Crippen molar-refractivity contribution in [3.8, 4) is 0 Å². The average molecular weight is 597 g/mol. The third-order valence-corrected chi connectivity index (χ3v) is 6.39. The molecular weight excluding hydrogens is 548 g/mol. The quantitative estimate of drug-likeness (QED) is 0.169. The van der Waals surface area contributed by atoms with Crippen LogP contribution in [0, 0.1) is 5.92 Å². The minimum absolute atomic E-state index is 0.166. The van der Waals surface area contributed by atoms with Gasteiger partial charge in [-0.05, 0) is 63.5 Å². The maximum absolute atomic E-state index is 13.5. The van der Waals surface area contributed by atoms with Crippen molar-refractivity contribution in [1.82, 2.24) is 16.0 Å². The van der Waals surface area contributed by atoms with E-state index < -0.39 is 47.6 Å². The van der Waals surface area contributed by atoms with Gasteiger partial charge in [0.25, 0.3) is 0 Å². The number of unbranched alkanes of at least 4 members (excludes halogenated alkanes) is 1. The van der Waals surface area contributed by atoms with Crippen LogP contribution in [-0.4, -0.2) is 54.1 Å². The molecule has 0 aromatic heterocycles. The van der Waals surface area contributed by atoms with Gasteiger partial charge in [0.2, 0.25) is 11.8 Å². The Balaban J connectivity index is 2.02. The number of esters is 1. The van der Waals surface area contributed by atoms with Gasteiger partial charge in [0.15, 0.2) is 0 Å². The van der Waals surface area contributed by atoms with E-state index in [1.807, 2.05) is 74.5 Å². The first-order valence-electron chi connectivity index (χ1n) is 14.9. The lowest BCUT2D eigenvalue weighted by molar-refractivity contribution is -0.158. The number of amides is 3. The Morgan fingerprint density at radius 1 is 0.814 bits per heavy atom. The second-order valence-corrected chi connectivity index (χ2v) is 12.1. The molecule has 0 saturated carbocycles. The van der Waals surface area contributed by atoms with Crippen LogP contribution < -0.4 is 21.7 Å². The van der Waals surface area contributed by atoms with Crippen molar-refractivity contribution in [2.45, 2.75) is 97.1 Å². The first kappa shape index (κ1) is 35.3. The topological polar surface area (TPSA) is 149 Å². The molecule has 0 heterocycles. The zero-order valence-electron chi connectivity index (χ0n) is 26.1. The molecule has 10 heteroatoms. The fraction of sp³-hybridized carbons (Fsp3) is 0.515. The van der Waals surface area contributed by atoms with Crippen LogP contribution in [0.2, 0.25) is 0 Å². The zero-order valence-corrected chi connectivity index (χ0v) is 26.1. The number of hydrogen-bond acceptors (Lipinski definition) is 7. The highest BCUT2D eigenvalue weighted by Crippen LogP contribution is 2.13. The van der Waals surface area contributed by atoms with Gasteiger partial charge in [-0.1, -0.05) is 74.5 Å². The molecule has 0 bridgehead atoms. The van der Waals surface area contributed by atoms with Crippen LogP contribution in [0.4, 0.5) is 4.79 Å². The monoisotopic (exact) mass is 596 g/mol. The van der Waals surface area contributed by atoms with Gasteiger partial charge in [0, 0.05) is 13.0 Å². The summed E-state index contributed by atoms with van der Waals surface area (Å²) in [6.07, 6.45) is 1.48. The van der Waals surface area contributed by atoms with Crippen molar-refractivity contribution < 1.29 is 28.7 Å². The summed E-state index contributed by atoms with van der Waals surface area (Å²) >= 11 is 0. The summed E-state index contributed by atoms with van der Waals surface area (Å²) in [5.41, 5.74) is 7.08. The van der Waals surface area contributed by atoms with Crippen molar-refractivity contribution in [2.75, 3.05) is 6.54 Å². The van der Waals surface area contributed by atoms with Gasteiger partial charge in [-0.2, -0.15) is 0 Å². The van der Waals surface area contributed by atoms with Gasteiger partial charge in [0.05, 0.1) is 6.04 Å². The number of carbonyl (C=O) groups excluding carboxylic acids is 4. The third-order valence-electron chi connectivity index (χ3n) is 6.39. The van der Waals surface area contributed by atoms with Crippen molar-refractivity contribution in [3.63, 3.8) is 0 Å². The van der Waals surface area contributed by atoms with Gasteiger partial charge in [-0.25, -0.2) is 9.59 Å². The van der Waals surface area contributed by atoms with Crippen LogP contribution in [0.1, 0.15) is 71.4 Å². The Hall–Kier alpha value is -3.92. The van der Waals surface area contributed by atoms with Gasteiger partial charge < -0.3 is 31.2 Å². The number of nitrogens with one attached hydrogen (secondary N) is 3. The smallest absolute Gasteiger partial charge is 0.407 e. The van der Waals surface area contributed by atoms with E-state index in [9.17, 15) is 19.2 Å². The van der Waals surface area contributed by atoms with Crippen LogP contribution in [0.5, 0.6) is 0 Å². The predicted molar refractivity (Wildman–Crippen MR) is 166 cm³/mol. The summed E-state index contributed by atoms with van der Waals surface area (Å²) in [6.45, 7) is 9.70. The molecule has 0 radical (unpaired) electrons. The Morgan fingerprint density at radius 2 is 1.40 bits per heavy atom. The number of ether oxygens (including phenoxy) is 2. The molecule has 0 fully saturated rings. The fourth-order valence-electron chi connectivity index (χ4n) is 4.29. The highest BCUT2D eigenvalue weighted by Gasteiger charge is 2.31. The predicted octanol–water partition coefficient (Wildman–Crippen LogP) is 4.01. The number of hydrogen-bond donors (Lipinski definition) is 4. The normalized spacial score (nSPS) is 13.4. The lowest BCUT2D eigenvalue weighted by Gasteiger charge is -2.27. The summed E-state index contributed by atoms with van der Waals surface area (Å²) in [5.74, 6) is -1.31. The molecule has 43 heavy (non-hydrogen) atoms. The van der Waals surface area contributed by atoms with Crippen molar-refractivity contribution in [3.05, 3.63) is 71.8 Å². The SMILES string of the molecule is CC(C)C[C@H](N)C(=O)N[C@@H](CCCCNC(=O)OCc1ccccc1)C(=O)N[C@@H](Cc1ccccc1)C(=O)OC(C)(C)C. The summed E-state index contributed by atoms with van der Waals surface area (Å²) in [6, 6.07) is 16.0. The molecule has 0 aliphatic rings. The van der Waals surface area contributed by atoms with Gasteiger partial charge in [-0.15, -0.1) is 0 Å². The van der Waals surface area contributed by atoms with Crippen LogP contribution in [0.15, 0.2) is 60.7 Å². The Labute approximate surface area is 255 Å². The molecular formula is C33H48N4O6. The first-order chi connectivity index (χ1) is 20.3. The van der Waals surface area contributed by atoms with Crippen LogP contribution in [-0.2, 0) is 36.9 Å². The highest BCUT2D eigenvalue weighted by molar-refractivity contribution is 5.92. The lowest BCUT2D eigenvalue weighted by Crippen LogP contribution is -2.55. The van der Waals surface area contributed by atoms with E-state index in [2.05, 4.69) is 16.0 Å². The molecule has 0 aliphatic heterocycles. The molecule has 2 aromatic rings. The molecule has 3 amide bonds. The molecule has 0 unspecified atom stereocenters. The molecule has 10 nitrogen and oxygen atoms in total.